The van der Waals surface area contributed by atoms with Crippen molar-refractivity contribution < 1.29 is 4.79 Å². The Bertz CT molecular complexity index is 436. The van der Waals surface area contributed by atoms with Gasteiger partial charge in [0.2, 0.25) is 5.82 Å². The lowest BCUT2D eigenvalue weighted by molar-refractivity contribution is 0.0935. The Morgan fingerprint density at radius 1 is 1.50 bits per heavy atom. The van der Waals surface area contributed by atoms with Crippen molar-refractivity contribution in [3.63, 3.8) is 0 Å². The lowest BCUT2D eigenvalue weighted by atomic mass is 9.99. The molecular formula is C12H22N4O2. The van der Waals surface area contributed by atoms with E-state index in [-0.39, 0.29) is 17.4 Å². The van der Waals surface area contributed by atoms with Gasteiger partial charge in [-0.15, -0.1) is 5.10 Å². The molecule has 102 valence electrons. The minimum Gasteiger partial charge on any atom is -0.349 e. The summed E-state index contributed by atoms with van der Waals surface area (Å²) in [5.41, 5.74) is -0.377. The third-order valence-electron chi connectivity index (χ3n) is 3.08. The van der Waals surface area contributed by atoms with Crippen LogP contribution in [0.1, 0.15) is 50.1 Å². The van der Waals surface area contributed by atoms with Crippen LogP contribution in [-0.2, 0) is 7.05 Å². The fourth-order valence-electron chi connectivity index (χ4n) is 1.77. The largest absolute Gasteiger partial charge is 0.349 e. The summed E-state index contributed by atoms with van der Waals surface area (Å²) in [5.74, 6) is 0.250. The summed E-state index contributed by atoms with van der Waals surface area (Å²) < 4.78 is 1.11. The average molecular weight is 254 g/mol. The van der Waals surface area contributed by atoms with E-state index in [0.717, 1.165) is 23.9 Å². The van der Waals surface area contributed by atoms with Gasteiger partial charge >= 0.3 is 5.69 Å². The monoisotopic (exact) mass is 254 g/mol. The predicted molar refractivity (Wildman–Crippen MR) is 69.5 cm³/mol. The number of nitrogens with zero attached hydrogens (tertiary/aromatic N) is 2. The van der Waals surface area contributed by atoms with Crippen molar-refractivity contribution >= 4 is 5.91 Å². The van der Waals surface area contributed by atoms with E-state index >= 15 is 0 Å². The van der Waals surface area contributed by atoms with E-state index < -0.39 is 0 Å². The van der Waals surface area contributed by atoms with Gasteiger partial charge in [0.05, 0.1) is 0 Å². The molecule has 6 heteroatoms. The van der Waals surface area contributed by atoms with E-state index in [2.05, 4.69) is 29.2 Å². The zero-order valence-electron chi connectivity index (χ0n) is 11.3. The molecule has 1 aromatic rings. The second-order valence-corrected chi connectivity index (χ2v) is 4.53. The van der Waals surface area contributed by atoms with Crippen molar-refractivity contribution in [1.82, 2.24) is 20.1 Å². The zero-order valence-corrected chi connectivity index (χ0v) is 11.3. The summed E-state index contributed by atoms with van der Waals surface area (Å²) in [6, 6.07) is 0. The third kappa shape index (κ3) is 4.01. The molecule has 0 spiro atoms. The summed E-state index contributed by atoms with van der Waals surface area (Å²) in [7, 11) is 1.51. The molecule has 18 heavy (non-hydrogen) atoms. The fraction of sp³-hybridized carbons (Fsp3) is 0.750. The molecule has 0 radical (unpaired) electrons. The second kappa shape index (κ2) is 6.98. The van der Waals surface area contributed by atoms with E-state index in [1.807, 2.05) is 0 Å². The number of aromatic nitrogens is 3. The summed E-state index contributed by atoms with van der Waals surface area (Å²) >= 11 is 0. The van der Waals surface area contributed by atoms with Gasteiger partial charge in [0.1, 0.15) is 0 Å². The molecule has 0 aliphatic rings. The number of aromatic amines is 1. The van der Waals surface area contributed by atoms with E-state index in [0.29, 0.717) is 12.5 Å². The summed E-state index contributed by atoms with van der Waals surface area (Å²) in [6.45, 7) is 4.91. The van der Waals surface area contributed by atoms with Gasteiger partial charge < -0.3 is 5.32 Å². The Labute approximate surface area is 107 Å². The lowest BCUT2D eigenvalue weighted by Gasteiger charge is -2.14. The van der Waals surface area contributed by atoms with Crippen LogP contribution < -0.4 is 11.0 Å². The number of rotatable bonds is 7. The minimum atomic E-state index is -0.377. The molecule has 0 saturated heterocycles. The highest BCUT2D eigenvalue weighted by Gasteiger charge is 2.13. The maximum atomic E-state index is 11.7. The van der Waals surface area contributed by atoms with Crippen molar-refractivity contribution in [1.29, 1.82) is 0 Å². The average Bonchev–Trinajstić information content (AvgIpc) is 2.70. The molecule has 6 nitrogen and oxygen atoms in total. The maximum Gasteiger partial charge on any atom is 0.343 e. The molecule has 1 amide bonds. The van der Waals surface area contributed by atoms with Crippen molar-refractivity contribution in [3.8, 4) is 0 Å². The number of hydrogen-bond acceptors (Lipinski definition) is 3. The van der Waals surface area contributed by atoms with Crippen LogP contribution in [0.2, 0.25) is 0 Å². The number of amides is 1. The van der Waals surface area contributed by atoms with Crippen LogP contribution >= 0.6 is 0 Å². The molecule has 0 aliphatic heterocycles. The predicted octanol–water partition coefficient (Wildman–Crippen LogP) is 1.05. The fourth-order valence-corrected chi connectivity index (χ4v) is 1.77. The van der Waals surface area contributed by atoms with E-state index in [1.54, 1.807) is 0 Å². The van der Waals surface area contributed by atoms with Gasteiger partial charge in [-0.1, -0.05) is 33.1 Å². The molecule has 0 bridgehead atoms. The maximum absolute atomic E-state index is 11.7. The van der Waals surface area contributed by atoms with E-state index in [4.69, 9.17) is 0 Å². The molecule has 1 heterocycles. The highest BCUT2D eigenvalue weighted by Crippen LogP contribution is 2.11. The second-order valence-electron chi connectivity index (χ2n) is 4.53. The van der Waals surface area contributed by atoms with E-state index in [9.17, 15) is 9.59 Å². The summed E-state index contributed by atoms with van der Waals surface area (Å²) in [4.78, 5) is 25.3. The lowest BCUT2D eigenvalue weighted by Crippen LogP contribution is -2.30. The number of carbonyl (C=O) groups excluding carboxylic acids is 1. The minimum absolute atomic E-state index is 0.0767. The quantitative estimate of drug-likeness (QED) is 0.763. The van der Waals surface area contributed by atoms with Crippen molar-refractivity contribution in [2.45, 2.75) is 39.5 Å². The molecule has 0 aliphatic carbocycles. The Morgan fingerprint density at radius 2 is 2.22 bits per heavy atom. The van der Waals surface area contributed by atoms with Gasteiger partial charge in [-0.25, -0.2) is 9.48 Å². The topological polar surface area (TPSA) is 79.8 Å². The first-order valence-corrected chi connectivity index (χ1v) is 6.50. The Morgan fingerprint density at radius 3 is 2.72 bits per heavy atom. The number of unbranched alkanes of at least 4 members (excludes halogenated alkanes) is 1. The Kier molecular flexibility index (Phi) is 5.61. The van der Waals surface area contributed by atoms with Gasteiger partial charge in [-0.2, -0.15) is 0 Å². The van der Waals surface area contributed by atoms with Crippen LogP contribution in [-0.4, -0.2) is 27.2 Å². The van der Waals surface area contributed by atoms with Crippen LogP contribution in [0.3, 0.4) is 0 Å². The molecule has 0 fully saturated rings. The van der Waals surface area contributed by atoms with Crippen LogP contribution in [0.5, 0.6) is 0 Å². The molecule has 1 rings (SSSR count). The van der Waals surface area contributed by atoms with Crippen LogP contribution in [0.25, 0.3) is 0 Å². The van der Waals surface area contributed by atoms with Crippen LogP contribution in [0.4, 0.5) is 0 Å². The first-order valence-electron chi connectivity index (χ1n) is 6.50. The number of aryl methyl sites for hydroxylation is 1. The summed E-state index contributed by atoms with van der Waals surface area (Å²) in [5, 5.41) is 6.63. The van der Waals surface area contributed by atoms with Gasteiger partial charge in [0.15, 0.2) is 0 Å². The first-order chi connectivity index (χ1) is 8.58. The molecule has 1 aromatic heterocycles. The molecular weight excluding hydrogens is 232 g/mol. The zero-order chi connectivity index (χ0) is 13.5. The van der Waals surface area contributed by atoms with Gasteiger partial charge in [-0.05, 0) is 12.3 Å². The number of H-pyrrole nitrogens is 1. The normalized spacial score (nSPS) is 12.4. The van der Waals surface area contributed by atoms with E-state index in [1.165, 1.54) is 13.5 Å². The molecule has 2 N–H and O–H groups in total. The number of nitrogens with one attached hydrogen (secondary N) is 2. The van der Waals surface area contributed by atoms with Crippen molar-refractivity contribution in [2.24, 2.45) is 13.0 Å². The first kappa shape index (κ1) is 14.5. The van der Waals surface area contributed by atoms with Gasteiger partial charge in [-0.3, -0.25) is 9.78 Å². The third-order valence-corrected chi connectivity index (χ3v) is 3.08. The standard InChI is InChI=1S/C12H22N4O2/c1-4-6-7-9(5-2)8-13-11(17)10-14-12(18)16(3)15-10/h9H,4-8H2,1-3H3,(H,13,17)(H,14,15,18). The van der Waals surface area contributed by atoms with Gasteiger partial charge in [0, 0.05) is 13.6 Å². The highest BCUT2D eigenvalue weighted by molar-refractivity contribution is 5.90. The highest BCUT2D eigenvalue weighted by atomic mass is 16.2. The van der Waals surface area contributed by atoms with Crippen molar-refractivity contribution in [2.75, 3.05) is 6.54 Å². The Balaban J connectivity index is 2.47. The Hall–Kier alpha value is -1.59. The summed E-state index contributed by atoms with van der Waals surface area (Å²) in [6.07, 6.45) is 4.50. The number of hydrogen-bond donors (Lipinski definition) is 2. The molecule has 1 atom stereocenters. The smallest absolute Gasteiger partial charge is 0.343 e. The van der Waals surface area contributed by atoms with Crippen LogP contribution in [0, 0.1) is 5.92 Å². The number of carbonyl (C=O) groups is 1. The SMILES string of the molecule is CCCCC(CC)CNC(=O)c1nn(C)c(=O)[nH]1. The molecule has 1 unspecified atom stereocenters. The molecule has 0 aromatic carbocycles. The van der Waals surface area contributed by atoms with Crippen LogP contribution in [0.15, 0.2) is 4.79 Å². The van der Waals surface area contributed by atoms with Crippen molar-refractivity contribution in [3.05, 3.63) is 16.3 Å². The van der Waals surface area contributed by atoms with Gasteiger partial charge in [0.25, 0.3) is 5.91 Å². The molecule has 0 saturated carbocycles.